The second-order valence-electron chi connectivity index (χ2n) is 6.83. The molecule has 0 spiro atoms. The van der Waals surface area contributed by atoms with E-state index in [9.17, 15) is 4.79 Å². The molecule has 0 bridgehead atoms. The van der Waals surface area contributed by atoms with Crippen LogP contribution >= 0.6 is 11.3 Å². The third-order valence-electron chi connectivity index (χ3n) is 4.37. The molecule has 4 rings (SSSR count). The molecule has 3 aromatic heterocycles. The zero-order valence-electron chi connectivity index (χ0n) is 16.2. The van der Waals surface area contributed by atoms with Gasteiger partial charge in [-0.1, -0.05) is 47.7 Å². The van der Waals surface area contributed by atoms with E-state index in [1.807, 2.05) is 62.4 Å². The Labute approximate surface area is 172 Å². The molecule has 0 aliphatic carbocycles. The van der Waals surface area contributed by atoms with Gasteiger partial charge in [-0.3, -0.25) is 9.78 Å². The summed E-state index contributed by atoms with van der Waals surface area (Å²) in [5, 5.41) is 8.74. The quantitative estimate of drug-likeness (QED) is 0.508. The predicted molar refractivity (Wildman–Crippen MR) is 117 cm³/mol. The summed E-state index contributed by atoms with van der Waals surface area (Å²) in [6, 6.07) is 19.2. The molecular formula is C22H21N5OS. The minimum absolute atomic E-state index is 0.0164. The third kappa shape index (κ3) is 4.25. The monoisotopic (exact) mass is 403 g/mol. The van der Waals surface area contributed by atoms with Gasteiger partial charge in [0.05, 0.1) is 28.9 Å². The van der Waals surface area contributed by atoms with Crippen LogP contribution in [0.3, 0.4) is 0 Å². The standard InChI is InChI=1S/C22H21N5OS/c1-15(2)27-19(28)12-11-18(26-27)21-20(16-8-4-3-5-9-16)25-22(29-21)24-14-17-10-6-7-13-23-17/h3-13,15H,14H2,1-2H3,(H,24,25). The molecule has 1 aromatic carbocycles. The summed E-state index contributed by atoms with van der Waals surface area (Å²) < 4.78 is 1.50. The largest absolute Gasteiger partial charge is 0.356 e. The summed E-state index contributed by atoms with van der Waals surface area (Å²) in [4.78, 5) is 22.2. The van der Waals surface area contributed by atoms with Gasteiger partial charge in [-0.25, -0.2) is 9.67 Å². The molecule has 0 atom stereocenters. The molecule has 29 heavy (non-hydrogen) atoms. The van der Waals surface area contributed by atoms with Gasteiger partial charge in [-0.05, 0) is 32.0 Å². The van der Waals surface area contributed by atoms with Crippen LogP contribution in [-0.2, 0) is 6.54 Å². The van der Waals surface area contributed by atoms with E-state index in [0.29, 0.717) is 6.54 Å². The lowest BCUT2D eigenvalue weighted by atomic mass is 10.1. The van der Waals surface area contributed by atoms with E-state index in [0.717, 1.165) is 32.7 Å². The first-order chi connectivity index (χ1) is 14.1. The van der Waals surface area contributed by atoms with Crippen LogP contribution in [0.5, 0.6) is 0 Å². The molecule has 4 aromatic rings. The van der Waals surface area contributed by atoms with Crippen molar-refractivity contribution in [1.82, 2.24) is 19.7 Å². The van der Waals surface area contributed by atoms with Crippen molar-refractivity contribution in [2.45, 2.75) is 26.4 Å². The van der Waals surface area contributed by atoms with Gasteiger partial charge in [-0.2, -0.15) is 5.10 Å². The average Bonchev–Trinajstić information content (AvgIpc) is 3.18. The fourth-order valence-corrected chi connectivity index (χ4v) is 3.89. The molecule has 0 amide bonds. The lowest BCUT2D eigenvalue weighted by molar-refractivity contribution is 0.505. The third-order valence-corrected chi connectivity index (χ3v) is 5.40. The van der Waals surface area contributed by atoms with Gasteiger partial charge in [-0.15, -0.1) is 0 Å². The van der Waals surface area contributed by atoms with E-state index in [2.05, 4.69) is 15.4 Å². The molecule has 0 radical (unpaired) electrons. The second-order valence-corrected chi connectivity index (χ2v) is 7.83. The van der Waals surface area contributed by atoms with Crippen LogP contribution in [0.4, 0.5) is 5.13 Å². The highest BCUT2D eigenvalue weighted by atomic mass is 32.1. The van der Waals surface area contributed by atoms with E-state index < -0.39 is 0 Å². The number of nitrogens with one attached hydrogen (secondary N) is 1. The van der Waals surface area contributed by atoms with Crippen LogP contribution < -0.4 is 10.9 Å². The van der Waals surface area contributed by atoms with Crippen molar-refractivity contribution in [3.8, 4) is 21.8 Å². The highest BCUT2D eigenvalue weighted by molar-refractivity contribution is 7.19. The van der Waals surface area contributed by atoms with E-state index >= 15 is 0 Å². The summed E-state index contributed by atoms with van der Waals surface area (Å²) >= 11 is 1.53. The first-order valence-corrected chi connectivity index (χ1v) is 10.2. The van der Waals surface area contributed by atoms with Crippen LogP contribution in [0.25, 0.3) is 21.8 Å². The Morgan fingerprint density at radius 1 is 1.03 bits per heavy atom. The number of thiazole rings is 1. The Balaban J connectivity index is 1.75. The molecule has 0 aliphatic heterocycles. The van der Waals surface area contributed by atoms with Crippen molar-refractivity contribution in [2.24, 2.45) is 0 Å². The van der Waals surface area contributed by atoms with Crippen LogP contribution in [0.1, 0.15) is 25.6 Å². The van der Waals surface area contributed by atoms with Gasteiger partial charge >= 0.3 is 0 Å². The van der Waals surface area contributed by atoms with Crippen molar-refractivity contribution in [3.63, 3.8) is 0 Å². The minimum Gasteiger partial charge on any atom is -0.356 e. The lowest BCUT2D eigenvalue weighted by Crippen LogP contribution is -2.23. The maximum absolute atomic E-state index is 12.1. The van der Waals surface area contributed by atoms with Crippen molar-refractivity contribution in [1.29, 1.82) is 0 Å². The molecule has 0 fully saturated rings. The number of hydrogen-bond acceptors (Lipinski definition) is 6. The summed E-state index contributed by atoms with van der Waals surface area (Å²) in [5.41, 5.74) is 3.43. The normalized spacial score (nSPS) is 11.0. The highest BCUT2D eigenvalue weighted by Crippen LogP contribution is 2.38. The SMILES string of the molecule is CC(C)n1nc(-c2sc(NCc3ccccn3)nc2-c2ccccc2)ccc1=O. The number of nitrogens with zero attached hydrogens (tertiary/aromatic N) is 4. The molecule has 3 heterocycles. The fraction of sp³-hybridized carbons (Fsp3) is 0.182. The van der Waals surface area contributed by atoms with Gasteiger partial charge in [0.15, 0.2) is 5.13 Å². The highest BCUT2D eigenvalue weighted by Gasteiger charge is 2.17. The summed E-state index contributed by atoms with van der Waals surface area (Å²) in [7, 11) is 0. The predicted octanol–water partition coefficient (Wildman–Crippen LogP) is 4.62. The van der Waals surface area contributed by atoms with Crippen molar-refractivity contribution < 1.29 is 0 Å². The van der Waals surface area contributed by atoms with Crippen LogP contribution in [0, 0.1) is 0 Å². The molecule has 1 N–H and O–H groups in total. The van der Waals surface area contributed by atoms with Gasteiger partial charge < -0.3 is 5.32 Å². The van der Waals surface area contributed by atoms with Crippen molar-refractivity contribution >= 4 is 16.5 Å². The number of hydrogen-bond donors (Lipinski definition) is 1. The summed E-state index contributed by atoms with van der Waals surface area (Å²) in [5.74, 6) is 0. The maximum Gasteiger partial charge on any atom is 0.267 e. The Morgan fingerprint density at radius 2 is 1.83 bits per heavy atom. The lowest BCUT2D eigenvalue weighted by Gasteiger charge is -2.09. The zero-order valence-corrected chi connectivity index (χ0v) is 17.1. The minimum atomic E-state index is -0.108. The molecule has 6 nitrogen and oxygen atoms in total. The van der Waals surface area contributed by atoms with Gasteiger partial charge in [0, 0.05) is 17.8 Å². The Bertz CT molecular complexity index is 1150. The van der Waals surface area contributed by atoms with Crippen molar-refractivity contribution in [3.05, 3.63) is 82.9 Å². The van der Waals surface area contributed by atoms with Crippen LogP contribution in [0.2, 0.25) is 0 Å². The van der Waals surface area contributed by atoms with Gasteiger partial charge in [0.25, 0.3) is 5.56 Å². The first-order valence-electron chi connectivity index (χ1n) is 9.42. The number of benzene rings is 1. The van der Waals surface area contributed by atoms with E-state index in [4.69, 9.17) is 4.98 Å². The van der Waals surface area contributed by atoms with E-state index in [1.54, 1.807) is 18.3 Å². The maximum atomic E-state index is 12.1. The number of aromatic nitrogens is 4. The zero-order chi connectivity index (χ0) is 20.2. The van der Waals surface area contributed by atoms with Crippen LogP contribution in [-0.4, -0.2) is 19.7 Å². The van der Waals surface area contributed by atoms with Crippen LogP contribution in [0.15, 0.2) is 71.7 Å². The average molecular weight is 404 g/mol. The Morgan fingerprint density at radius 3 is 2.55 bits per heavy atom. The first kappa shape index (κ1) is 19.0. The molecule has 0 saturated heterocycles. The molecule has 7 heteroatoms. The van der Waals surface area contributed by atoms with Gasteiger partial charge in [0.1, 0.15) is 5.69 Å². The Kier molecular flexibility index (Phi) is 5.48. The number of anilines is 1. The molecule has 146 valence electrons. The molecule has 0 saturated carbocycles. The second kappa shape index (κ2) is 8.36. The van der Waals surface area contributed by atoms with E-state index in [-0.39, 0.29) is 11.6 Å². The topological polar surface area (TPSA) is 72.7 Å². The summed E-state index contributed by atoms with van der Waals surface area (Å²) in [6.07, 6.45) is 1.78. The molecular weight excluding hydrogens is 382 g/mol. The molecule has 0 aliphatic rings. The summed E-state index contributed by atoms with van der Waals surface area (Å²) in [6.45, 7) is 4.48. The van der Waals surface area contributed by atoms with E-state index in [1.165, 1.54) is 16.0 Å². The molecule has 0 unspecified atom stereocenters. The smallest absolute Gasteiger partial charge is 0.267 e. The van der Waals surface area contributed by atoms with Gasteiger partial charge in [0.2, 0.25) is 0 Å². The fourth-order valence-electron chi connectivity index (χ4n) is 2.95. The number of pyridine rings is 1. The van der Waals surface area contributed by atoms with Crippen molar-refractivity contribution in [2.75, 3.05) is 5.32 Å². The Hall–Kier alpha value is -3.32. The number of rotatable bonds is 6.